The van der Waals surface area contributed by atoms with Crippen LogP contribution in [0.25, 0.3) is 0 Å². The Hall–Kier alpha value is -1.58. The summed E-state index contributed by atoms with van der Waals surface area (Å²) in [5.74, 6) is -0.402. The fraction of sp³-hybridized carbons (Fsp3) is 0.562. The summed E-state index contributed by atoms with van der Waals surface area (Å²) in [6, 6.07) is 3.17. The number of Topliss-reactive ketones (excluding diaryl/α,β-unsaturated/α-hetero) is 1. The predicted molar refractivity (Wildman–Crippen MR) is 81.2 cm³/mol. The zero-order valence-corrected chi connectivity index (χ0v) is 12.3. The normalized spacial score (nSPS) is 15.8. The average molecular weight is 278 g/mol. The first-order valence-corrected chi connectivity index (χ1v) is 7.46. The molecule has 110 valence electrons. The third kappa shape index (κ3) is 3.30. The highest BCUT2D eigenvalue weighted by Gasteiger charge is 2.18. The number of anilines is 2. The minimum Gasteiger partial charge on any atom is -0.385 e. The number of benzene rings is 1. The van der Waals surface area contributed by atoms with Crippen LogP contribution in [0, 0.1) is 5.82 Å². The van der Waals surface area contributed by atoms with E-state index in [0.29, 0.717) is 17.8 Å². The number of carbonyl (C=O) groups is 1. The molecule has 1 fully saturated rings. The minimum absolute atomic E-state index is 0.109. The Morgan fingerprint density at radius 1 is 1.25 bits per heavy atom. The van der Waals surface area contributed by atoms with Crippen molar-refractivity contribution in [1.82, 2.24) is 0 Å². The number of halogens is 1. The van der Waals surface area contributed by atoms with Crippen molar-refractivity contribution < 1.29 is 9.18 Å². The second-order valence-electron chi connectivity index (χ2n) is 5.34. The summed E-state index contributed by atoms with van der Waals surface area (Å²) in [6.07, 6.45) is 4.63. The molecule has 0 amide bonds. The maximum absolute atomic E-state index is 14.3. The van der Waals surface area contributed by atoms with E-state index in [0.717, 1.165) is 31.6 Å². The number of rotatable bonds is 4. The quantitative estimate of drug-likeness (QED) is 0.849. The Kier molecular flexibility index (Phi) is 4.99. The molecule has 0 bridgehead atoms. The smallest absolute Gasteiger partial charge is 0.161 e. The highest BCUT2D eigenvalue weighted by Crippen LogP contribution is 2.29. The van der Waals surface area contributed by atoms with Crippen LogP contribution in [0.3, 0.4) is 0 Å². The van der Waals surface area contributed by atoms with Gasteiger partial charge in [0.15, 0.2) is 5.78 Å². The summed E-state index contributed by atoms with van der Waals surface area (Å²) in [5, 5.41) is 3.17. The van der Waals surface area contributed by atoms with E-state index in [9.17, 15) is 9.18 Å². The van der Waals surface area contributed by atoms with Gasteiger partial charge in [-0.05, 0) is 38.8 Å². The lowest BCUT2D eigenvalue weighted by atomic mass is 10.1. The second kappa shape index (κ2) is 6.73. The van der Waals surface area contributed by atoms with Gasteiger partial charge in [0.1, 0.15) is 5.82 Å². The molecule has 1 aliphatic rings. The van der Waals surface area contributed by atoms with Crippen LogP contribution in [0.2, 0.25) is 0 Å². The van der Waals surface area contributed by atoms with Crippen LogP contribution in [-0.4, -0.2) is 25.4 Å². The van der Waals surface area contributed by atoms with Crippen LogP contribution in [0.15, 0.2) is 12.1 Å². The van der Waals surface area contributed by atoms with Crippen LogP contribution in [0.5, 0.6) is 0 Å². The van der Waals surface area contributed by atoms with Gasteiger partial charge in [-0.15, -0.1) is 0 Å². The summed E-state index contributed by atoms with van der Waals surface area (Å²) in [5.41, 5.74) is 1.79. The van der Waals surface area contributed by atoms with Gasteiger partial charge in [-0.3, -0.25) is 4.79 Å². The van der Waals surface area contributed by atoms with Gasteiger partial charge in [-0.1, -0.05) is 12.8 Å². The molecule has 1 N–H and O–H groups in total. The maximum Gasteiger partial charge on any atom is 0.161 e. The summed E-state index contributed by atoms with van der Waals surface area (Å²) in [6.45, 7) is 5.94. The minimum atomic E-state index is -0.293. The molecular formula is C16H23FN2O. The standard InChI is InChI=1S/C16H23FN2O/c1-3-18-15-11-16(14(17)10-13(15)12(2)20)19-8-6-4-5-7-9-19/h10-11,18H,3-9H2,1-2H3. The number of nitrogens with one attached hydrogen (secondary N) is 1. The highest BCUT2D eigenvalue weighted by atomic mass is 19.1. The first kappa shape index (κ1) is 14.8. The van der Waals surface area contributed by atoms with E-state index in [1.165, 1.54) is 25.8 Å². The average Bonchev–Trinajstić information content (AvgIpc) is 2.69. The lowest BCUT2D eigenvalue weighted by Gasteiger charge is -2.24. The summed E-state index contributed by atoms with van der Waals surface area (Å²) >= 11 is 0. The monoisotopic (exact) mass is 278 g/mol. The molecule has 0 aliphatic carbocycles. The van der Waals surface area contributed by atoms with Gasteiger partial charge in [0, 0.05) is 30.9 Å². The molecule has 0 saturated carbocycles. The van der Waals surface area contributed by atoms with Crippen LogP contribution < -0.4 is 10.2 Å². The third-order valence-corrected chi connectivity index (χ3v) is 3.78. The molecular weight excluding hydrogens is 255 g/mol. The van der Waals surface area contributed by atoms with Crippen molar-refractivity contribution in [3.05, 3.63) is 23.5 Å². The van der Waals surface area contributed by atoms with Gasteiger partial charge in [-0.2, -0.15) is 0 Å². The summed E-state index contributed by atoms with van der Waals surface area (Å²) in [4.78, 5) is 13.7. The molecule has 0 radical (unpaired) electrons. The fourth-order valence-corrected chi connectivity index (χ4v) is 2.74. The van der Waals surface area contributed by atoms with Crippen molar-refractivity contribution in [1.29, 1.82) is 0 Å². The first-order valence-electron chi connectivity index (χ1n) is 7.46. The molecule has 0 aromatic heterocycles. The van der Waals surface area contributed by atoms with E-state index in [1.807, 2.05) is 6.92 Å². The molecule has 2 rings (SSSR count). The molecule has 3 nitrogen and oxygen atoms in total. The van der Waals surface area contributed by atoms with Crippen molar-refractivity contribution in [2.45, 2.75) is 39.5 Å². The van der Waals surface area contributed by atoms with Gasteiger partial charge in [0.25, 0.3) is 0 Å². The van der Waals surface area contributed by atoms with Crippen molar-refractivity contribution >= 4 is 17.2 Å². The molecule has 1 aromatic carbocycles. The molecule has 0 atom stereocenters. The zero-order chi connectivity index (χ0) is 14.5. The first-order chi connectivity index (χ1) is 9.63. The van der Waals surface area contributed by atoms with Crippen LogP contribution in [-0.2, 0) is 0 Å². The molecule has 1 heterocycles. The fourth-order valence-electron chi connectivity index (χ4n) is 2.74. The Bertz CT molecular complexity index is 480. The number of nitrogens with zero attached hydrogens (tertiary/aromatic N) is 1. The largest absolute Gasteiger partial charge is 0.385 e. The Labute approximate surface area is 120 Å². The van der Waals surface area contributed by atoms with E-state index in [-0.39, 0.29) is 11.6 Å². The zero-order valence-electron chi connectivity index (χ0n) is 12.3. The van der Waals surface area contributed by atoms with E-state index in [2.05, 4.69) is 10.2 Å². The van der Waals surface area contributed by atoms with Crippen molar-refractivity contribution in [2.24, 2.45) is 0 Å². The van der Waals surface area contributed by atoms with Crippen molar-refractivity contribution in [3.8, 4) is 0 Å². The Morgan fingerprint density at radius 3 is 2.45 bits per heavy atom. The predicted octanol–water partition coefficient (Wildman–Crippen LogP) is 3.84. The number of ketones is 1. The second-order valence-corrected chi connectivity index (χ2v) is 5.34. The highest BCUT2D eigenvalue weighted by molar-refractivity contribution is 6.00. The van der Waals surface area contributed by atoms with Gasteiger partial charge in [0.2, 0.25) is 0 Å². The van der Waals surface area contributed by atoms with Gasteiger partial charge in [0.05, 0.1) is 5.69 Å². The Morgan fingerprint density at radius 2 is 1.90 bits per heavy atom. The maximum atomic E-state index is 14.3. The van der Waals surface area contributed by atoms with E-state index in [1.54, 1.807) is 6.07 Å². The van der Waals surface area contributed by atoms with Crippen LogP contribution in [0.4, 0.5) is 15.8 Å². The Balaban J connectivity index is 2.37. The lowest BCUT2D eigenvalue weighted by molar-refractivity contribution is 0.101. The number of carbonyl (C=O) groups excluding carboxylic acids is 1. The lowest BCUT2D eigenvalue weighted by Crippen LogP contribution is -2.25. The van der Waals surface area contributed by atoms with Crippen molar-refractivity contribution in [3.63, 3.8) is 0 Å². The van der Waals surface area contributed by atoms with Gasteiger partial charge < -0.3 is 10.2 Å². The SMILES string of the molecule is CCNc1cc(N2CCCCCC2)c(F)cc1C(C)=O. The van der Waals surface area contributed by atoms with Gasteiger partial charge in [-0.25, -0.2) is 4.39 Å². The molecule has 4 heteroatoms. The number of hydrogen-bond acceptors (Lipinski definition) is 3. The number of hydrogen-bond donors (Lipinski definition) is 1. The van der Waals surface area contributed by atoms with Gasteiger partial charge >= 0.3 is 0 Å². The van der Waals surface area contributed by atoms with Crippen LogP contribution in [0.1, 0.15) is 49.9 Å². The molecule has 1 aromatic rings. The van der Waals surface area contributed by atoms with E-state index < -0.39 is 0 Å². The summed E-state index contributed by atoms with van der Waals surface area (Å²) < 4.78 is 14.3. The molecule has 20 heavy (non-hydrogen) atoms. The molecule has 0 unspecified atom stereocenters. The van der Waals surface area contributed by atoms with E-state index >= 15 is 0 Å². The molecule has 1 saturated heterocycles. The summed E-state index contributed by atoms with van der Waals surface area (Å²) in [7, 11) is 0. The van der Waals surface area contributed by atoms with E-state index in [4.69, 9.17) is 0 Å². The topological polar surface area (TPSA) is 32.3 Å². The third-order valence-electron chi connectivity index (χ3n) is 3.78. The molecule has 0 spiro atoms. The van der Waals surface area contributed by atoms with Crippen molar-refractivity contribution in [2.75, 3.05) is 29.9 Å². The molecule has 1 aliphatic heterocycles. The van der Waals surface area contributed by atoms with Crippen LogP contribution >= 0.6 is 0 Å².